The second kappa shape index (κ2) is 5.17. The quantitative estimate of drug-likeness (QED) is 0.916. The summed E-state index contributed by atoms with van der Waals surface area (Å²) in [5, 5.41) is 1.13. The molecule has 0 saturated carbocycles. The van der Waals surface area contributed by atoms with Gasteiger partial charge in [-0.1, -0.05) is 12.1 Å². The maximum absolute atomic E-state index is 6.15. The van der Waals surface area contributed by atoms with E-state index in [4.69, 9.17) is 10.5 Å². The van der Waals surface area contributed by atoms with E-state index in [1.54, 1.807) is 0 Å². The first-order valence-electron chi connectivity index (χ1n) is 6.71. The minimum absolute atomic E-state index is 0.234. The molecule has 0 fully saturated rings. The Hall–Kier alpha value is -1.61. The second-order valence-electron chi connectivity index (χ2n) is 5.67. The lowest BCUT2D eigenvalue weighted by Gasteiger charge is -2.20. The van der Waals surface area contributed by atoms with Crippen LogP contribution in [0.15, 0.2) is 24.3 Å². The fraction of sp³-hybridized carbons (Fsp3) is 0.438. The zero-order valence-corrected chi connectivity index (χ0v) is 12.2. The highest BCUT2D eigenvalue weighted by molar-refractivity contribution is 5.87. The number of benzene rings is 1. The molecule has 0 amide bonds. The van der Waals surface area contributed by atoms with Crippen molar-refractivity contribution in [1.29, 1.82) is 0 Å². The van der Waals surface area contributed by atoms with E-state index in [-0.39, 0.29) is 5.54 Å². The molecular formula is C16H22N2O. The third kappa shape index (κ3) is 3.24. The second-order valence-corrected chi connectivity index (χ2v) is 5.67. The minimum Gasteiger partial charge on any atom is -0.492 e. The molecule has 2 aromatic rings. The SMILES string of the molecule is CCOc1cccc2c(CC(C)(C)N)cc(C)nc12. The van der Waals surface area contributed by atoms with Crippen LogP contribution in [-0.4, -0.2) is 17.1 Å². The number of aromatic nitrogens is 1. The predicted octanol–water partition coefficient (Wildman–Crippen LogP) is 3.22. The summed E-state index contributed by atoms with van der Waals surface area (Å²) in [6.07, 6.45) is 0.822. The molecule has 1 heterocycles. The van der Waals surface area contributed by atoms with Crippen LogP contribution in [0.5, 0.6) is 5.75 Å². The zero-order valence-electron chi connectivity index (χ0n) is 12.2. The molecule has 0 spiro atoms. The number of pyridine rings is 1. The third-order valence-electron chi connectivity index (χ3n) is 2.96. The van der Waals surface area contributed by atoms with Crippen LogP contribution in [-0.2, 0) is 6.42 Å². The molecule has 19 heavy (non-hydrogen) atoms. The van der Waals surface area contributed by atoms with Crippen molar-refractivity contribution in [1.82, 2.24) is 4.98 Å². The van der Waals surface area contributed by atoms with Crippen LogP contribution in [0, 0.1) is 6.92 Å². The van der Waals surface area contributed by atoms with Gasteiger partial charge in [-0.15, -0.1) is 0 Å². The molecule has 0 atom stereocenters. The van der Waals surface area contributed by atoms with Crippen molar-refractivity contribution in [2.24, 2.45) is 5.73 Å². The maximum Gasteiger partial charge on any atom is 0.145 e. The summed E-state index contributed by atoms with van der Waals surface area (Å²) in [6.45, 7) is 8.72. The molecule has 0 aliphatic carbocycles. The molecule has 1 aromatic heterocycles. The molecule has 2 N–H and O–H groups in total. The van der Waals surface area contributed by atoms with Gasteiger partial charge in [-0.2, -0.15) is 0 Å². The van der Waals surface area contributed by atoms with Gasteiger partial charge in [-0.05, 0) is 51.8 Å². The minimum atomic E-state index is -0.234. The first-order valence-corrected chi connectivity index (χ1v) is 6.71. The Morgan fingerprint density at radius 2 is 2.05 bits per heavy atom. The Morgan fingerprint density at radius 1 is 1.32 bits per heavy atom. The molecule has 3 heteroatoms. The first-order chi connectivity index (χ1) is 8.90. The highest BCUT2D eigenvalue weighted by Gasteiger charge is 2.16. The monoisotopic (exact) mass is 258 g/mol. The predicted molar refractivity (Wildman–Crippen MR) is 79.6 cm³/mol. The molecule has 0 radical (unpaired) electrons. The van der Waals surface area contributed by atoms with E-state index < -0.39 is 0 Å². The normalized spacial score (nSPS) is 11.8. The van der Waals surface area contributed by atoms with Crippen molar-refractivity contribution >= 4 is 10.9 Å². The largest absolute Gasteiger partial charge is 0.492 e. The summed E-state index contributed by atoms with van der Waals surface area (Å²) in [5.41, 5.74) is 9.09. The van der Waals surface area contributed by atoms with Gasteiger partial charge in [0.1, 0.15) is 11.3 Å². The summed E-state index contributed by atoms with van der Waals surface area (Å²) >= 11 is 0. The molecule has 0 bridgehead atoms. The summed E-state index contributed by atoms with van der Waals surface area (Å²) in [4.78, 5) is 4.62. The number of hydrogen-bond acceptors (Lipinski definition) is 3. The van der Waals surface area contributed by atoms with Crippen LogP contribution < -0.4 is 10.5 Å². The topological polar surface area (TPSA) is 48.1 Å². The first kappa shape index (κ1) is 13.8. The van der Waals surface area contributed by atoms with E-state index in [0.29, 0.717) is 6.61 Å². The average molecular weight is 258 g/mol. The van der Waals surface area contributed by atoms with Crippen LogP contribution in [0.25, 0.3) is 10.9 Å². The number of hydrogen-bond donors (Lipinski definition) is 1. The Bertz CT molecular complexity index is 585. The Morgan fingerprint density at radius 3 is 2.68 bits per heavy atom. The van der Waals surface area contributed by atoms with Gasteiger partial charge in [-0.25, -0.2) is 4.98 Å². The summed E-state index contributed by atoms with van der Waals surface area (Å²) in [7, 11) is 0. The van der Waals surface area contributed by atoms with Gasteiger partial charge in [0.15, 0.2) is 0 Å². The molecule has 102 valence electrons. The third-order valence-corrected chi connectivity index (χ3v) is 2.96. The van der Waals surface area contributed by atoms with Crippen molar-refractivity contribution < 1.29 is 4.74 Å². The average Bonchev–Trinajstić information content (AvgIpc) is 2.28. The van der Waals surface area contributed by atoms with Crippen molar-refractivity contribution in [3.8, 4) is 5.75 Å². The van der Waals surface area contributed by atoms with Gasteiger partial charge in [0.25, 0.3) is 0 Å². The summed E-state index contributed by atoms with van der Waals surface area (Å²) in [5.74, 6) is 0.847. The van der Waals surface area contributed by atoms with Gasteiger partial charge < -0.3 is 10.5 Å². The van der Waals surface area contributed by atoms with Crippen LogP contribution >= 0.6 is 0 Å². The molecule has 0 unspecified atom stereocenters. The molecular weight excluding hydrogens is 236 g/mol. The molecule has 0 aliphatic rings. The van der Waals surface area contributed by atoms with Gasteiger partial charge in [0.05, 0.1) is 6.61 Å². The number of aryl methyl sites for hydroxylation is 1. The molecule has 3 nitrogen and oxygen atoms in total. The number of fused-ring (bicyclic) bond motifs is 1. The van der Waals surface area contributed by atoms with Crippen LogP contribution in [0.2, 0.25) is 0 Å². The van der Waals surface area contributed by atoms with E-state index in [0.717, 1.165) is 28.8 Å². The van der Waals surface area contributed by atoms with E-state index >= 15 is 0 Å². The Labute approximate surface area is 114 Å². The lowest BCUT2D eigenvalue weighted by Crippen LogP contribution is -2.34. The van der Waals surface area contributed by atoms with Crippen molar-refractivity contribution in [2.75, 3.05) is 6.61 Å². The molecule has 0 aliphatic heterocycles. The number of nitrogens with two attached hydrogens (primary N) is 1. The zero-order chi connectivity index (χ0) is 14.0. The van der Waals surface area contributed by atoms with Crippen LogP contribution in [0.1, 0.15) is 32.0 Å². The maximum atomic E-state index is 6.15. The highest BCUT2D eigenvalue weighted by Crippen LogP contribution is 2.28. The van der Waals surface area contributed by atoms with Crippen molar-refractivity contribution in [2.45, 2.75) is 39.7 Å². The smallest absolute Gasteiger partial charge is 0.145 e. The number of ether oxygens (including phenoxy) is 1. The lowest BCUT2D eigenvalue weighted by atomic mass is 9.93. The fourth-order valence-electron chi connectivity index (χ4n) is 2.34. The van der Waals surface area contributed by atoms with Crippen molar-refractivity contribution in [3.63, 3.8) is 0 Å². The molecule has 0 saturated heterocycles. The van der Waals surface area contributed by atoms with Gasteiger partial charge >= 0.3 is 0 Å². The number of para-hydroxylation sites is 1. The van der Waals surface area contributed by atoms with Crippen molar-refractivity contribution in [3.05, 3.63) is 35.5 Å². The Balaban J connectivity index is 2.61. The van der Waals surface area contributed by atoms with Crippen LogP contribution in [0.4, 0.5) is 0 Å². The summed E-state index contributed by atoms with van der Waals surface area (Å²) < 4.78 is 5.67. The van der Waals surface area contributed by atoms with Gasteiger partial charge in [0.2, 0.25) is 0 Å². The van der Waals surface area contributed by atoms with E-state index in [2.05, 4.69) is 17.1 Å². The summed E-state index contributed by atoms with van der Waals surface area (Å²) in [6, 6.07) is 8.19. The van der Waals surface area contributed by atoms with Gasteiger partial charge in [-0.3, -0.25) is 0 Å². The number of nitrogens with zero attached hydrogens (tertiary/aromatic N) is 1. The lowest BCUT2D eigenvalue weighted by molar-refractivity contribution is 0.343. The van der Waals surface area contributed by atoms with E-state index in [1.165, 1.54) is 5.56 Å². The van der Waals surface area contributed by atoms with Crippen LogP contribution in [0.3, 0.4) is 0 Å². The molecule has 1 aromatic carbocycles. The highest BCUT2D eigenvalue weighted by atomic mass is 16.5. The van der Waals surface area contributed by atoms with E-state index in [1.807, 2.05) is 39.8 Å². The van der Waals surface area contributed by atoms with Gasteiger partial charge in [0, 0.05) is 16.6 Å². The number of rotatable bonds is 4. The fourth-order valence-corrected chi connectivity index (χ4v) is 2.34. The van der Waals surface area contributed by atoms with E-state index in [9.17, 15) is 0 Å². The standard InChI is InChI=1S/C16H22N2O/c1-5-19-14-8-6-7-13-12(10-16(3,4)17)9-11(2)18-15(13)14/h6-9H,5,10,17H2,1-4H3. The molecule has 2 rings (SSSR count). The Kier molecular flexibility index (Phi) is 3.76.